The lowest BCUT2D eigenvalue weighted by molar-refractivity contribution is 0.396. The lowest BCUT2D eigenvalue weighted by atomic mass is 9.91. The number of nitrogens with one attached hydrogen (secondary N) is 1. The van der Waals surface area contributed by atoms with Crippen LogP contribution in [-0.4, -0.2) is 44.7 Å². The van der Waals surface area contributed by atoms with Crippen molar-refractivity contribution in [1.82, 2.24) is 29.8 Å². The average Bonchev–Trinajstić information content (AvgIpc) is 2.71. The molecule has 0 bridgehead atoms. The standard InChI is InChI=1S/C19H22N6O2/c1-12-16(22-8-7-21-12)11-25-18-15(23-10-17(24-18)27-2)9-14(19(25)26)13-3-5-20-6-4-13/h7-10,13,20H,3-6,11H2,1-2H3. The minimum Gasteiger partial charge on any atom is -0.480 e. The van der Waals surface area contributed by atoms with Crippen molar-refractivity contribution in [2.24, 2.45) is 0 Å². The van der Waals surface area contributed by atoms with Gasteiger partial charge in [-0.15, -0.1) is 0 Å². The predicted octanol–water partition coefficient (Wildman–Crippen LogP) is 1.41. The first-order chi connectivity index (χ1) is 13.2. The van der Waals surface area contributed by atoms with Crippen LogP contribution in [0.5, 0.6) is 5.88 Å². The van der Waals surface area contributed by atoms with Crippen molar-refractivity contribution in [3.05, 3.63) is 52.0 Å². The third-order valence-electron chi connectivity index (χ3n) is 5.08. The van der Waals surface area contributed by atoms with E-state index in [-0.39, 0.29) is 11.5 Å². The Hall–Kier alpha value is -2.87. The number of methoxy groups -OCH3 is 1. The van der Waals surface area contributed by atoms with Crippen molar-refractivity contribution in [3.8, 4) is 5.88 Å². The highest BCUT2D eigenvalue weighted by atomic mass is 16.5. The van der Waals surface area contributed by atoms with Gasteiger partial charge in [-0.2, -0.15) is 4.98 Å². The maximum Gasteiger partial charge on any atom is 0.256 e. The molecule has 0 unspecified atom stereocenters. The van der Waals surface area contributed by atoms with E-state index in [0.29, 0.717) is 23.6 Å². The number of ether oxygens (including phenoxy) is 1. The van der Waals surface area contributed by atoms with Crippen LogP contribution in [0.15, 0.2) is 29.5 Å². The van der Waals surface area contributed by atoms with E-state index in [4.69, 9.17) is 4.74 Å². The first-order valence-corrected chi connectivity index (χ1v) is 9.09. The van der Waals surface area contributed by atoms with Gasteiger partial charge in [0.15, 0.2) is 5.65 Å². The molecule has 1 saturated heterocycles. The van der Waals surface area contributed by atoms with Gasteiger partial charge in [0.05, 0.1) is 31.2 Å². The van der Waals surface area contributed by atoms with Crippen molar-refractivity contribution in [2.45, 2.75) is 32.2 Å². The lowest BCUT2D eigenvalue weighted by Gasteiger charge is -2.23. The zero-order chi connectivity index (χ0) is 18.8. The Morgan fingerprint density at radius 2 is 2.00 bits per heavy atom. The molecule has 8 nitrogen and oxygen atoms in total. The average molecular weight is 366 g/mol. The summed E-state index contributed by atoms with van der Waals surface area (Å²) in [5, 5.41) is 3.35. The Morgan fingerprint density at radius 1 is 1.22 bits per heavy atom. The highest BCUT2D eigenvalue weighted by Gasteiger charge is 2.22. The molecule has 0 aliphatic carbocycles. The Morgan fingerprint density at radius 3 is 2.74 bits per heavy atom. The summed E-state index contributed by atoms with van der Waals surface area (Å²) in [7, 11) is 1.54. The van der Waals surface area contributed by atoms with Gasteiger partial charge in [-0.1, -0.05) is 0 Å². The van der Waals surface area contributed by atoms with Crippen LogP contribution >= 0.6 is 0 Å². The maximum absolute atomic E-state index is 13.4. The molecule has 0 spiro atoms. The first-order valence-electron chi connectivity index (χ1n) is 9.09. The molecule has 8 heteroatoms. The highest BCUT2D eigenvalue weighted by molar-refractivity contribution is 5.71. The van der Waals surface area contributed by atoms with E-state index >= 15 is 0 Å². The molecule has 140 valence electrons. The fourth-order valence-corrected chi connectivity index (χ4v) is 3.55. The summed E-state index contributed by atoms with van der Waals surface area (Å²) in [6.45, 7) is 4.02. The topological polar surface area (TPSA) is 94.8 Å². The molecular weight excluding hydrogens is 344 g/mol. The molecule has 1 aliphatic heterocycles. The van der Waals surface area contributed by atoms with Gasteiger partial charge in [-0.3, -0.25) is 19.3 Å². The second-order valence-corrected chi connectivity index (χ2v) is 6.72. The molecule has 0 radical (unpaired) electrons. The number of piperidine rings is 1. The molecule has 0 atom stereocenters. The minimum atomic E-state index is -0.0398. The zero-order valence-corrected chi connectivity index (χ0v) is 15.5. The largest absolute Gasteiger partial charge is 0.480 e. The molecule has 0 saturated carbocycles. The van der Waals surface area contributed by atoms with Crippen molar-refractivity contribution >= 4 is 11.2 Å². The number of pyridine rings is 1. The second kappa shape index (κ2) is 7.40. The minimum absolute atomic E-state index is 0.0398. The zero-order valence-electron chi connectivity index (χ0n) is 15.5. The molecule has 3 aromatic heterocycles. The number of hydrogen-bond donors (Lipinski definition) is 1. The van der Waals surface area contributed by atoms with Gasteiger partial charge in [0.1, 0.15) is 5.52 Å². The summed E-state index contributed by atoms with van der Waals surface area (Å²) in [5.41, 5.74) is 3.48. The smallest absolute Gasteiger partial charge is 0.256 e. The molecular formula is C19H22N6O2. The van der Waals surface area contributed by atoms with Crippen molar-refractivity contribution in [1.29, 1.82) is 0 Å². The number of rotatable bonds is 4. The van der Waals surface area contributed by atoms with Crippen molar-refractivity contribution in [2.75, 3.05) is 20.2 Å². The summed E-state index contributed by atoms with van der Waals surface area (Å²) in [6.07, 6.45) is 6.74. The third kappa shape index (κ3) is 3.40. The van der Waals surface area contributed by atoms with E-state index in [1.54, 1.807) is 23.2 Å². The van der Waals surface area contributed by atoms with Crippen molar-refractivity contribution < 1.29 is 4.74 Å². The van der Waals surface area contributed by atoms with E-state index < -0.39 is 0 Å². The maximum atomic E-state index is 13.4. The van der Waals surface area contributed by atoms with Gasteiger partial charge < -0.3 is 10.1 Å². The summed E-state index contributed by atoms with van der Waals surface area (Å²) < 4.78 is 6.86. The van der Waals surface area contributed by atoms with Crippen LogP contribution in [-0.2, 0) is 6.54 Å². The number of aromatic nitrogens is 5. The van der Waals surface area contributed by atoms with E-state index in [0.717, 1.165) is 42.9 Å². The molecule has 1 fully saturated rings. The van der Waals surface area contributed by atoms with Gasteiger partial charge in [-0.05, 0) is 44.8 Å². The SMILES string of the molecule is COc1cnc2cc(C3CCNCC3)c(=O)n(Cc3nccnc3C)c2n1. The number of hydrogen-bond acceptors (Lipinski definition) is 7. The molecule has 1 N–H and O–H groups in total. The Bertz CT molecular complexity index is 1030. The van der Waals surface area contributed by atoms with Gasteiger partial charge in [-0.25, -0.2) is 4.98 Å². The first kappa shape index (κ1) is 17.5. The van der Waals surface area contributed by atoms with Crippen LogP contribution in [0.2, 0.25) is 0 Å². The number of nitrogens with zero attached hydrogens (tertiary/aromatic N) is 5. The number of fused-ring (bicyclic) bond motifs is 1. The molecule has 4 rings (SSSR count). The van der Waals surface area contributed by atoms with Crippen LogP contribution in [0.4, 0.5) is 0 Å². The summed E-state index contributed by atoms with van der Waals surface area (Å²) in [4.78, 5) is 31.0. The lowest BCUT2D eigenvalue weighted by Crippen LogP contribution is -2.32. The van der Waals surface area contributed by atoms with E-state index in [1.165, 1.54) is 7.11 Å². The molecule has 0 aromatic carbocycles. The molecule has 27 heavy (non-hydrogen) atoms. The van der Waals surface area contributed by atoms with Crippen LogP contribution in [0.3, 0.4) is 0 Å². The molecule has 4 heterocycles. The Labute approximate surface area is 156 Å². The predicted molar refractivity (Wildman–Crippen MR) is 101 cm³/mol. The summed E-state index contributed by atoms with van der Waals surface area (Å²) >= 11 is 0. The Kier molecular flexibility index (Phi) is 4.81. The van der Waals surface area contributed by atoms with Crippen molar-refractivity contribution in [3.63, 3.8) is 0 Å². The van der Waals surface area contributed by atoms with Crippen LogP contribution in [0, 0.1) is 6.92 Å². The fraction of sp³-hybridized carbons (Fsp3) is 0.421. The van der Waals surface area contributed by atoms with Crippen LogP contribution < -0.4 is 15.6 Å². The Balaban J connectivity index is 1.90. The van der Waals surface area contributed by atoms with E-state index in [9.17, 15) is 4.79 Å². The van der Waals surface area contributed by atoms with E-state index in [1.807, 2.05) is 13.0 Å². The van der Waals surface area contributed by atoms with Gasteiger partial charge >= 0.3 is 0 Å². The van der Waals surface area contributed by atoms with Gasteiger partial charge in [0, 0.05) is 18.0 Å². The molecule has 3 aromatic rings. The second-order valence-electron chi connectivity index (χ2n) is 6.72. The summed E-state index contributed by atoms with van der Waals surface area (Å²) in [6, 6.07) is 1.89. The van der Waals surface area contributed by atoms with Crippen LogP contribution in [0.25, 0.3) is 11.2 Å². The molecule has 0 amide bonds. The van der Waals surface area contributed by atoms with Gasteiger partial charge in [0.25, 0.3) is 5.56 Å². The monoisotopic (exact) mass is 366 g/mol. The fourth-order valence-electron chi connectivity index (χ4n) is 3.55. The molecule has 1 aliphatic rings. The highest BCUT2D eigenvalue weighted by Crippen LogP contribution is 2.25. The summed E-state index contributed by atoms with van der Waals surface area (Å²) in [5.74, 6) is 0.599. The van der Waals surface area contributed by atoms with Gasteiger partial charge in [0.2, 0.25) is 5.88 Å². The number of aryl methyl sites for hydroxylation is 1. The van der Waals surface area contributed by atoms with Crippen LogP contribution in [0.1, 0.15) is 35.7 Å². The quantitative estimate of drug-likeness (QED) is 0.746. The third-order valence-corrected chi connectivity index (χ3v) is 5.08. The normalized spacial score (nSPS) is 15.2. The van der Waals surface area contributed by atoms with E-state index in [2.05, 4.69) is 25.3 Å².